The Morgan fingerprint density at radius 2 is 2.08 bits per heavy atom. The molecule has 0 spiro atoms. The number of halogens is 2. The van der Waals surface area contributed by atoms with E-state index in [-0.39, 0.29) is 11.4 Å². The Kier molecular flexibility index (Phi) is 3.93. The van der Waals surface area contributed by atoms with E-state index in [1.165, 1.54) is 17.5 Å². The molecule has 4 rings (SSSR count). The lowest BCUT2D eigenvalue weighted by Crippen LogP contribution is -2.06. The zero-order chi connectivity index (χ0) is 18.4. The molecule has 0 amide bonds. The van der Waals surface area contributed by atoms with Crippen LogP contribution in [0.3, 0.4) is 0 Å². The Bertz CT molecular complexity index is 1100. The molecule has 3 heterocycles. The Labute approximate surface area is 149 Å². The number of aromatic hydroxyl groups is 1. The van der Waals surface area contributed by atoms with Gasteiger partial charge in [-0.25, -0.2) is 18.4 Å². The molecule has 4 aromatic rings. The van der Waals surface area contributed by atoms with Crippen LogP contribution in [0.1, 0.15) is 29.3 Å². The quantitative estimate of drug-likeness (QED) is 0.571. The van der Waals surface area contributed by atoms with Gasteiger partial charge in [-0.15, -0.1) is 16.4 Å². The van der Waals surface area contributed by atoms with E-state index in [4.69, 9.17) is 0 Å². The summed E-state index contributed by atoms with van der Waals surface area (Å²) >= 11 is 1.51. The number of aliphatic hydroxyl groups excluding tert-OH is 1. The SMILES string of the molecule is CCc1sc2cncn2c1C(O)c1cn(-c2cc(F)c(O)cc2F)nn1. The van der Waals surface area contributed by atoms with E-state index in [1.807, 2.05) is 6.92 Å². The van der Waals surface area contributed by atoms with Crippen LogP contribution in [-0.2, 0) is 6.42 Å². The van der Waals surface area contributed by atoms with Crippen molar-refractivity contribution in [2.45, 2.75) is 19.4 Å². The highest BCUT2D eigenvalue weighted by atomic mass is 32.1. The van der Waals surface area contributed by atoms with E-state index in [1.54, 1.807) is 16.9 Å². The normalized spacial score (nSPS) is 12.8. The first-order valence-corrected chi connectivity index (χ1v) is 8.53. The van der Waals surface area contributed by atoms with Gasteiger partial charge in [0, 0.05) is 17.0 Å². The molecule has 134 valence electrons. The fourth-order valence-corrected chi connectivity index (χ4v) is 3.82. The van der Waals surface area contributed by atoms with Crippen molar-refractivity contribution in [1.29, 1.82) is 0 Å². The fraction of sp³-hybridized carbons (Fsp3) is 0.188. The van der Waals surface area contributed by atoms with Crippen LogP contribution in [0, 0.1) is 11.6 Å². The minimum atomic E-state index is -1.10. The van der Waals surface area contributed by atoms with Crippen molar-refractivity contribution in [3.8, 4) is 11.4 Å². The summed E-state index contributed by atoms with van der Waals surface area (Å²) in [6.45, 7) is 1.97. The number of imidazole rings is 1. The van der Waals surface area contributed by atoms with Gasteiger partial charge in [0.15, 0.2) is 17.4 Å². The standard InChI is InChI=1S/C16H13F2N5O2S/c1-2-13-15(22-7-19-5-14(22)26-13)16(25)10-6-23(21-20-10)11-3-9(18)12(24)4-8(11)17/h3-7,16,24-25H,2H2,1H3. The largest absolute Gasteiger partial charge is 0.505 e. The number of benzene rings is 1. The molecule has 7 nitrogen and oxygen atoms in total. The predicted molar refractivity (Wildman–Crippen MR) is 89.4 cm³/mol. The summed E-state index contributed by atoms with van der Waals surface area (Å²) in [5.74, 6) is -2.64. The summed E-state index contributed by atoms with van der Waals surface area (Å²) in [6, 6.07) is 1.47. The first-order chi connectivity index (χ1) is 12.5. The molecular formula is C16H13F2N5O2S. The minimum absolute atomic E-state index is 0.181. The molecule has 10 heteroatoms. The van der Waals surface area contributed by atoms with E-state index in [0.717, 1.165) is 20.5 Å². The number of thiazole rings is 1. The molecule has 0 aliphatic heterocycles. The molecule has 3 aromatic heterocycles. The number of nitrogens with zero attached hydrogens (tertiary/aromatic N) is 5. The Hall–Kier alpha value is -2.85. The van der Waals surface area contributed by atoms with Crippen LogP contribution >= 0.6 is 11.3 Å². The molecule has 0 saturated heterocycles. The number of hydrogen-bond acceptors (Lipinski definition) is 6. The molecule has 0 bridgehead atoms. The fourth-order valence-electron chi connectivity index (χ4n) is 2.75. The number of aryl methyl sites for hydroxylation is 1. The van der Waals surface area contributed by atoms with Crippen LogP contribution < -0.4 is 0 Å². The number of fused-ring (bicyclic) bond motifs is 1. The highest BCUT2D eigenvalue weighted by molar-refractivity contribution is 7.17. The Morgan fingerprint density at radius 3 is 2.85 bits per heavy atom. The van der Waals surface area contributed by atoms with Crippen molar-refractivity contribution in [3.05, 3.63) is 58.8 Å². The molecule has 0 aliphatic carbocycles. The second-order valence-electron chi connectivity index (χ2n) is 5.61. The molecule has 0 saturated carbocycles. The predicted octanol–water partition coefficient (Wildman–Crippen LogP) is 2.60. The highest BCUT2D eigenvalue weighted by Crippen LogP contribution is 2.32. The lowest BCUT2D eigenvalue weighted by molar-refractivity contribution is 0.208. The lowest BCUT2D eigenvalue weighted by atomic mass is 10.1. The van der Waals surface area contributed by atoms with Gasteiger partial charge in [0.1, 0.15) is 28.6 Å². The molecule has 2 N–H and O–H groups in total. The smallest absolute Gasteiger partial charge is 0.167 e. The Morgan fingerprint density at radius 1 is 1.27 bits per heavy atom. The maximum atomic E-state index is 14.0. The first kappa shape index (κ1) is 16.6. The van der Waals surface area contributed by atoms with Gasteiger partial charge in [0.05, 0.1) is 18.1 Å². The van der Waals surface area contributed by atoms with Crippen LogP contribution in [0.2, 0.25) is 0 Å². The average molecular weight is 377 g/mol. The zero-order valence-corrected chi connectivity index (χ0v) is 14.3. The zero-order valence-electron chi connectivity index (χ0n) is 13.5. The highest BCUT2D eigenvalue weighted by Gasteiger charge is 2.24. The number of phenols is 1. The average Bonchev–Trinajstić information content (AvgIpc) is 3.32. The minimum Gasteiger partial charge on any atom is -0.505 e. The molecule has 0 radical (unpaired) electrons. The van der Waals surface area contributed by atoms with Gasteiger partial charge in [-0.2, -0.15) is 0 Å². The first-order valence-electron chi connectivity index (χ1n) is 7.72. The van der Waals surface area contributed by atoms with Crippen LogP contribution in [0.15, 0.2) is 30.9 Å². The molecular weight excluding hydrogens is 364 g/mol. The number of rotatable bonds is 4. The third-order valence-corrected chi connectivity index (χ3v) is 5.27. The van der Waals surface area contributed by atoms with Crippen molar-refractivity contribution in [3.63, 3.8) is 0 Å². The van der Waals surface area contributed by atoms with Crippen LogP contribution in [0.4, 0.5) is 8.78 Å². The summed E-state index contributed by atoms with van der Waals surface area (Å²) in [5, 5.41) is 27.7. The van der Waals surface area contributed by atoms with Gasteiger partial charge in [-0.05, 0) is 6.42 Å². The second kappa shape index (κ2) is 6.15. The maximum absolute atomic E-state index is 14.0. The summed E-state index contributed by atoms with van der Waals surface area (Å²) in [6.07, 6.45) is 4.23. The van der Waals surface area contributed by atoms with Crippen molar-refractivity contribution in [1.82, 2.24) is 24.4 Å². The third-order valence-electron chi connectivity index (χ3n) is 4.01. The summed E-state index contributed by atoms with van der Waals surface area (Å²) in [4.78, 5) is 5.91. The number of aliphatic hydroxyl groups is 1. The van der Waals surface area contributed by atoms with Gasteiger partial charge >= 0.3 is 0 Å². The van der Waals surface area contributed by atoms with Crippen molar-refractivity contribution in [2.24, 2.45) is 0 Å². The molecule has 0 aliphatic rings. The number of hydrogen-bond donors (Lipinski definition) is 2. The molecule has 0 fully saturated rings. The maximum Gasteiger partial charge on any atom is 0.167 e. The van der Waals surface area contributed by atoms with Crippen LogP contribution in [-0.4, -0.2) is 34.6 Å². The van der Waals surface area contributed by atoms with Crippen LogP contribution in [0.5, 0.6) is 5.75 Å². The van der Waals surface area contributed by atoms with Crippen molar-refractivity contribution < 1.29 is 19.0 Å². The summed E-state index contributed by atoms with van der Waals surface area (Å²) in [5.41, 5.74) is 0.579. The van der Waals surface area contributed by atoms with Gasteiger partial charge in [0.25, 0.3) is 0 Å². The van der Waals surface area contributed by atoms with E-state index in [9.17, 15) is 19.0 Å². The Balaban J connectivity index is 1.76. The van der Waals surface area contributed by atoms with E-state index >= 15 is 0 Å². The lowest BCUT2D eigenvalue weighted by Gasteiger charge is -2.09. The van der Waals surface area contributed by atoms with E-state index < -0.39 is 23.5 Å². The van der Waals surface area contributed by atoms with Gasteiger partial charge in [0.2, 0.25) is 0 Å². The van der Waals surface area contributed by atoms with Gasteiger partial charge in [-0.1, -0.05) is 12.1 Å². The topological polar surface area (TPSA) is 88.5 Å². The second-order valence-corrected chi connectivity index (χ2v) is 6.73. The molecule has 26 heavy (non-hydrogen) atoms. The number of phenolic OH excluding ortho intramolecular Hbond substituents is 1. The summed E-state index contributed by atoms with van der Waals surface area (Å²) in [7, 11) is 0. The van der Waals surface area contributed by atoms with E-state index in [0.29, 0.717) is 18.2 Å². The van der Waals surface area contributed by atoms with E-state index in [2.05, 4.69) is 15.3 Å². The van der Waals surface area contributed by atoms with Crippen molar-refractivity contribution in [2.75, 3.05) is 0 Å². The van der Waals surface area contributed by atoms with Gasteiger partial charge < -0.3 is 10.2 Å². The number of aromatic nitrogens is 5. The van der Waals surface area contributed by atoms with Crippen LogP contribution in [0.25, 0.3) is 10.5 Å². The third kappa shape index (κ3) is 2.54. The molecule has 1 aromatic carbocycles. The molecule has 1 unspecified atom stereocenters. The molecule has 1 atom stereocenters. The van der Waals surface area contributed by atoms with Crippen molar-refractivity contribution >= 4 is 16.2 Å². The van der Waals surface area contributed by atoms with Gasteiger partial charge in [-0.3, -0.25) is 4.40 Å². The summed E-state index contributed by atoms with van der Waals surface area (Å²) < 4.78 is 30.3. The monoisotopic (exact) mass is 377 g/mol.